The van der Waals surface area contributed by atoms with Gasteiger partial charge in [0.15, 0.2) is 0 Å². The Balaban J connectivity index is 1.93. The quantitative estimate of drug-likeness (QED) is 0.787. The maximum absolute atomic E-state index is 6.13. The third kappa shape index (κ3) is 3.08. The van der Waals surface area contributed by atoms with Crippen molar-refractivity contribution in [3.05, 3.63) is 32.8 Å². The lowest BCUT2D eigenvalue weighted by atomic mass is 10.1. The summed E-state index contributed by atoms with van der Waals surface area (Å²) in [6.07, 6.45) is 1.29. The molecule has 1 fully saturated rings. The maximum Gasteiger partial charge on any atom is 0.0652 e. The van der Waals surface area contributed by atoms with Gasteiger partial charge in [-0.25, -0.2) is 0 Å². The molecule has 1 saturated carbocycles. The molecular formula is C13H16Cl3N. The predicted molar refractivity (Wildman–Crippen MR) is 75.1 cm³/mol. The van der Waals surface area contributed by atoms with Gasteiger partial charge in [-0.15, -0.1) is 0 Å². The molecular weight excluding hydrogens is 277 g/mol. The van der Waals surface area contributed by atoms with Crippen LogP contribution in [0.1, 0.15) is 25.8 Å². The maximum atomic E-state index is 6.13. The molecule has 1 aliphatic carbocycles. The minimum atomic E-state index is 0.495. The average Bonchev–Trinajstić information content (AvgIpc) is 2.86. The van der Waals surface area contributed by atoms with Crippen LogP contribution in [-0.2, 0) is 6.54 Å². The topological polar surface area (TPSA) is 12.0 Å². The molecule has 0 radical (unpaired) electrons. The normalized spacial score (nSPS) is 21.6. The van der Waals surface area contributed by atoms with E-state index in [4.69, 9.17) is 34.8 Å². The van der Waals surface area contributed by atoms with Crippen LogP contribution >= 0.6 is 34.8 Å². The summed E-state index contributed by atoms with van der Waals surface area (Å²) in [6, 6.07) is 3.51. The molecule has 17 heavy (non-hydrogen) atoms. The van der Waals surface area contributed by atoms with Crippen molar-refractivity contribution in [2.45, 2.75) is 26.8 Å². The van der Waals surface area contributed by atoms with Crippen molar-refractivity contribution in [1.29, 1.82) is 0 Å². The van der Waals surface area contributed by atoms with Gasteiger partial charge in [0.05, 0.1) is 10.0 Å². The van der Waals surface area contributed by atoms with Crippen LogP contribution in [0.2, 0.25) is 15.1 Å². The van der Waals surface area contributed by atoms with Crippen LogP contribution in [0.25, 0.3) is 0 Å². The highest BCUT2D eigenvalue weighted by molar-refractivity contribution is 6.44. The molecule has 0 spiro atoms. The SMILES string of the molecule is CC1(C)CC1CNCc1c(Cl)ccc(Cl)c1Cl. The molecule has 1 nitrogen and oxygen atoms in total. The summed E-state index contributed by atoms with van der Waals surface area (Å²) in [5.74, 6) is 0.763. The fourth-order valence-electron chi connectivity index (χ4n) is 2.03. The van der Waals surface area contributed by atoms with Gasteiger partial charge in [0.1, 0.15) is 0 Å². The zero-order chi connectivity index (χ0) is 12.6. The van der Waals surface area contributed by atoms with Crippen molar-refractivity contribution in [1.82, 2.24) is 5.32 Å². The first-order valence-corrected chi connectivity index (χ1v) is 6.88. The standard InChI is InChI=1S/C13H16Cl3N/c1-13(2)5-8(13)6-17-7-9-10(14)3-4-11(15)12(9)16/h3-4,8,17H,5-7H2,1-2H3. The van der Waals surface area contributed by atoms with E-state index in [0.717, 1.165) is 18.0 Å². The Morgan fingerprint density at radius 2 is 1.82 bits per heavy atom. The predicted octanol–water partition coefficient (Wildman–Crippen LogP) is 4.78. The fraction of sp³-hybridized carbons (Fsp3) is 0.538. The minimum absolute atomic E-state index is 0.495. The van der Waals surface area contributed by atoms with E-state index in [1.807, 2.05) is 0 Å². The molecule has 1 unspecified atom stereocenters. The molecule has 2 rings (SSSR count). The van der Waals surface area contributed by atoms with Crippen LogP contribution in [-0.4, -0.2) is 6.54 Å². The van der Waals surface area contributed by atoms with Crippen LogP contribution in [0.4, 0.5) is 0 Å². The van der Waals surface area contributed by atoms with E-state index >= 15 is 0 Å². The van der Waals surface area contributed by atoms with Crippen molar-refractivity contribution in [2.24, 2.45) is 11.3 Å². The second-order valence-electron chi connectivity index (χ2n) is 5.34. The van der Waals surface area contributed by atoms with Gasteiger partial charge in [0.25, 0.3) is 0 Å². The van der Waals surface area contributed by atoms with E-state index < -0.39 is 0 Å². The van der Waals surface area contributed by atoms with E-state index in [1.54, 1.807) is 12.1 Å². The summed E-state index contributed by atoms with van der Waals surface area (Å²) in [5, 5.41) is 5.18. The molecule has 0 aromatic heterocycles. The summed E-state index contributed by atoms with van der Waals surface area (Å²) in [5.41, 5.74) is 1.38. The highest BCUT2D eigenvalue weighted by Gasteiger charge is 2.44. The molecule has 1 atom stereocenters. The molecule has 1 N–H and O–H groups in total. The number of rotatable bonds is 4. The molecule has 0 saturated heterocycles. The number of halogens is 3. The number of hydrogen-bond donors (Lipinski definition) is 1. The Hall–Kier alpha value is 0.0500. The molecule has 0 bridgehead atoms. The summed E-state index contributed by atoms with van der Waals surface area (Å²) in [6.45, 7) is 6.26. The van der Waals surface area contributed by atoms with E-state index in [0.29, 0.717) is 27.0 Å². The summed E-state index contributed by atoms with van der Waals surface area (Å²) in [4.78, 5) is 0. The molecule has 0 heterocycles. The molecule has 1 aromatic rings. The smallest absolute Gasteiger partial charge is 0.0652 e. The van der Waals surface area contributed by atoms with Crippen LogP contribution in [0.3, 0.4) is 0 Å². The number of hydrogen-bond acceptors (Lipinski definition) is 1. The van der Waals surface area contributed by atoms with Crippen molar-refractivity contribution in [3.63, 3.8) is 0 Å². The lowest BCUT2D eigenvalue weighted by Gasteiger charge is -2.10. The molecule has 4 heteroatoms. The monoisotopic (exact) mass is 291 g/mol. The van der Waals surface area contributed by atoms with Crippen molar-refractivity contribution in [3.8, 4) is 0 Å². The van der Waals surface area contributed by atoms with E-state index in [9.17, 15) is 0 Å². The number of nitrogens with one attached hydrogen (secondary N) is 1. The third-order valence-corrected chi connectivity index (χ3v) is 4.75. The van der Waals surface area contributed by atoms with Crippen LogP contribution in [0.5, 0.6) is 0 Å². The van der Waals surface area contributed by atoms with Crippen LogP contribution < -0.4 is 5.32 Å². The molecule has 94 valence electrons. The summed E-state index contributed by atoms with van der Waals surface area (Å²) < 4.78 is 0. The second kappa shape index (κ2) is 4.97. The van der Waals surface area contributed by atoms with E-state index in [1.165, 1.54) is 6.42 Å². The van der Waals surface area contributed by atoms with Gasteiger partial charge in [0, 0.05) is 17.1 Å². The fourth-order valence-corrected chi connectivity index (χ4v) is 2.71. The van der Waals surface area contributed by atoms with Gasteiger partial charge in [0.2, 0.25) is 0 Å². The van der Waals surface area contributed by atoms with E-state index in [2.05, 4.69) is 19.2 Å². The molecule has 1 aliphatic rings. The zero-order valence-corrected chi connectivity index (χ0v) is 12.3. The minimum Gasteiger partial charge on any atom is -0.312 e. The first kappa shape index (κ1) is 13.5. The Labute approximate surface area is 117 Å². The van der Waals surface area contributed by atoms with Crippen LogP contribution in [0.15, 0.2) is 12.1 Å². The van der Waals surface area contributed by atoms with Crippen molar-refractivity contribution < 1.29 is 0 Å². The van der Waals surface area contributed by atoms with Crippen LogP contribution in [0, 0.1) is 11.3 Å². The summed E-state index contributed by atoms with van der Waals surface area (Å²) in [7, 11) is 0. The second-order valence-corrected chi connectivity index (χ2v) is 6.53. The van der Waals surface area contributed by atoms with Crippen molar-refractivity contribution in [2.75, 3.05) is 6.54 Å². The molecule has 1 aromatic carbocycles. The molecule has 0 aliphatic heterocycles. The van der Waals surface area contributed by atoms with Gasteiger partial charge in [-0.3, -0.25) is 0 Å². The summed E-state index contributed by atoms with van der Waals surface area (Å²) >= 11 is 18.2. The van der Waals surface area contributed by atoms with E-state index in [-0.39, 0.29) is 0 Å². The van der Waals surface area contributed by atoms with Gasteiger partial charge in [-0.05, 0) is 36.4 Å². The zero-order valence-electron chi connectivity index (χ0n) is 9.99. The largest absolute Gasteiger partial charge is 0.312 e. The van der Waals surface area contributed by atoms with Gasteiger partial charge >= 0.3 is 0 Å². The Kier molecular flexibility index (Phi) is 3.94. The average molecular weight is 293 g/mol. The number of benzene rings is 1. The Morgan fingerprint density at radius 3 is 2.41 bits per heavy atom. The first-order chi connectivity index (χ1) is 7.92. The van der Waals surface area contributed by atoms with Gasteiger partial charge < -0.3 is 5.32 Å². The molecule has 0 amide bonds. The Morgan fingerprint density at radius 1 is 1.24 bits per heavy atom. The van der Waals surface area contributed by atoms with Gasteiger partial charge in [-0.1, -0.05) is 48.7 Å². The lowest BCUT2D eigenvalue weighted by Crippen LogP contribution is -2.18. The highest BCUT2D eigenvalue weighted by atomic mass is 35.5. The lowest BCUT2D eigenvalue weighted by molar-refractivity contribution is 0.519. The first-order valence-electron chi connectivity index (χ1n) is 5.75. The van der Waals surface area contributed by atoms with Gasteiger partial charge in [-0.2, -0.15) is 0 Å². The third-order valence-electron chi connectivity index (χ3n) is 3.55. The van der Waals surface area contributed by atoms with Crippen molar-refractivity contribution >= 4 is 34.8 Å². The highest BCUT2D eigenvalue weighted by Crippen LogP contribution is 2.51. The Bertz CT molecular complexity index is 429.